The Morgan fingerprint density at radius 2 is 1.57 bits per heavy atom. The van der Waals surface area contributed by atoms with Crippen LogP contribution in [-0.4, -0.2) is 72.8 Å². The van der Waals surface area contributed by atoms with Crippen molar-refractivity contribution < 1.29 is 25.5 Å². The van der Waals surface area contributed by atoms with Crippen LogP contribution in [0.5, 0.6) is 5.75 Å². The van der Waals surface area contributed by atoms with E-state index in [1.54, 1.807) is 4.90 Å². The number of rotatable bonds is 15. The number of carbonyl (C=O) groups is 2. The summed E-state index contributed by atoms with van der Waals surface area (Å²) in [5.41, 5.74) is 3.51. The third-order valence-electron chi connectivity index (χ3n) is 7.00. The second kappa shape index (κ2) is 15.8. The highest BCUT2D eigenvalue weighted by Crippen LogP contribution is 2.23. The van der Waals surface area contributed by atoms with Gasteiger partial charge < -0.3 is 19.5 Å². The topological polar surface area (TPSA) is 79.3 Å². The molecule has 3 aromatic rings. The quantitative estimate of drug-likeness (QED) is 0.245. The lowest BCUT2D eigenvalue weighted by molar-refractivity contribution is -0.137. The number of benzene rings is 3. The second-order valence-electron chi connectivity index (χ2n) is 9.96. The van der Waals surface area contributed by atoms with Crippen molar-refractivity contribution in [2.45, 2.75) is 38.6 Å². The number of carbonyl (C=O) groups excluding carboxylic acids is 1. The van der Waals surface area contributed by atoms with Gasteiger partial charge in [0.2, 0.25) is 0 Å². The van der Waals surface area contributed by atoms with Gasteiger partial charge in [-0.15, -0.1) is 0 Å². The smallest absolute Gasteiger partial charge is 0.303 e. The van der Waals surface area contributed by atoms with Crippen molar-refractivity contribution in [1.82, 2.24) is 9.80 Å². The number of carboxylic acid groups (broad SMARTS) is 1. The zero-order valence-corrected chi connectivity index (χ0v) is 23.0. The van der Waals surface area contributed by atoms with Crippen LogP contribution in [0.4, 0.5) is 0 Å². The molecule has 0 spiro atoms. The Hall–Kier alpha value is -3.68. The van der Waals surface area contributed by atoms with Crippen LogP contribution in [0.1, 0.15) is 49.4 Å². The highest BCUT2D eigenvalue weighted by molar-refractivity contribution is 5.94. The van der Waals surface area contributed by atoms with Gasteiger partial charge in [-0.1, -0.05) is 60.7 Å². The minimum atomic E-state index is -0.783. The van der Waals surface area contributed by atoms with Crippen molar-refractivity contribution in [2.75, 3.05) is 46.0 Å². The fraction of sp³-hybridized carbons (Fsp3) is 0.394. The number of para-hydroxylation sites is 1. The van der Waals surface area contributed by atoms with E-state index in [9.17, 15) is 9.59 Å². The summed E-state index contributed by atoms with van der Waals surface area (Å²) in [4.78, 5) is 28.5. The van der Waals surface area contributed by atoms with Gasteiger partial charge in [-0.2, -0.15) is 0 Å². The lowest BCUT2D eigenvalue weighted by Gasteiger charge is -2.29. The highest BCUT2D eigenvalue weighted by atomic mass is 16.5. The third kappa shape index (κ3) is 9.21. The van der Waals surface area contributed by atoms with E-state index in [0.29, 0.717) is 44.0 Å². The molecule has 0 aromatic heterocycles. The molecule has 40 heavy (non-hydrogen) atoms. The summed E-state index contributed by atoms with van der Waals surface area (Å²) < 4.78 is 20.5. The molecular formula is C33H40N2O5. The van der Waals surface area contributed by atoms with Gasteiger partial charge in [0, 0.05) is 51.6 Å². The molecule has 7 nitrogen and oxygen atoms in total. The summed E-state index contributed by atoms with van der Waals surface area (Å²) in [6.45, 7) is 3.78. The molecule has 1 N–H and O–H groups in total. The van der Waals surface area contributed by atoms with Gasteiger partial charge in [0.1, 0.15) is 5.75 Å². The van der Waals surface area contributed by atoms with Gasteiger partial charge in [0.05, 0.1) is 19.8 Å². The Balaban J connectivity index is 1.47. The summed E-state index contributed by atoms with van der Waals surface area (Å²) in [5.74, 6) is -0.285. The first-order valence-corrected chi connectivity index (χ1v) is 14.1. The van der Waals surface area contributed by atoms with E-state index in [1.807, 2.05) is 78.9 Å². The summed E-state index contributed by atoms with van der Waals surface area (Å²) in [5, 5.41) is 8.83. The Labute approximate surface area is 238 Å². The number of nitrogens with zero attached hydrogens (tertiary/aromatic N) is 2. The molecule has 1 atom stereocenters. The first-order chi connectivity index (χ1) is 20.0. The fourth-order valence-electron chi connectivity index (χ4n) is 4.74. The first-order valence-electron chi connectivity index (χ1n) is 14.7. The van der Waals surface area contributed by atoms with Crippen LogP contribution in [-0.2, 0) is 16.1 Å². The average Bonchev–Trinajstić information content (AvgIpc) is 3.01. The van der Waals surface area contributed by atoms with E-state index in [2.05, 4.69) is 4.90 Å². The normalized spacial score (nSPS) is 14.8. The summed E-state index contributed by atoms with van der Waals surface area (Å²) in [6, 6.07) is 25.3. The molecule has 1 saturated heterocycles. The number of amides is 1. The molecule has 212 valence electrons. The standard InChI is InChI=1S/C33H40N2O5/c36-32(37)14-5-2-8-23-40-31-13-7-6-12-30(31)26-35(20-9-19-34-21-24-39-25-22-34)33(38)29-17-15-28(16-18-29)27-10-3-1-4-11-27/h1,3-4,6-7,10-13,15-18H,2,5,8-9,14,19-26H2,(H,36,37)/i20D. The zero-order valence-electron chi connectivity index (χ0n) is 24.0. The van der Waals surface area contributed by atoms with Crippen LogP contribution in [0.25, 0.3) is 11.1 Å². The maximum absolute atomic E-state index is 13.9. The minimum absolute atomic E-state index is 0.162. The number of hydrogen-bond acceptors (Lipinski definition) is 5. The molecule has 4 rings (SSSR count). The molecule has 0 saturated carbocycles. The molecule has 1 aliphatic heterocycles. The van der Waals surface area contributed by atoms with Crippen molar-refractivity contribution in [3.63, 3.8) is 0 Å². The Kier molecular flexibility index (Phi) is 11.0. The predicted octanol–water partition coefficient (Wildman–Crippen LogP) is 5.74. The van der Waals surface area contributed by atoms with Crippen LogP contribution in [0.15, 0.2) is 78.9 Å². The van der Waals surface area contributed by atoms with E-state index in [0.717, 1.165) is 49.2 Å². The number of hydrogen-bond donors (Lipinski definition) is 1. The SMILES string of the molecule is [2H]C(CCN1CCOCC1)N(Cc1ccccc1OCCCCCC(=O)O)C(=O)c1ccc(-c2ccccc2)cc1. The van der Waals surface area contributed by atoms with Crippen molar-refractivity contribution in [3.8, 4) is 16.9 Å². The Bertz CT molecular complexity index is 1230. The Morgan fingerprint density at radius 1 is 0.875 bits per heavy atom. The number of carboxylic acids is 1. The molecule has 0 bridgehead atoms. The van der Waals surface area contributed by atoms with Gasteiger partial charge in [-0.3, -0.25) is 14.5 Å². The van der Waals surface area contributed by atoms with E-state index >= 15 is 0 Å². The van der Waals surface area contributed by atoms with Crippen molar-refractivity contribution in [1.29, 1.82) is 0 Å². The summed E-state index contributed by atoms with van der Waals surface area (Å²) >= 11 is 0. The fourth-order valence-corrected chi connectivity index (χ4v) is 4.74. The van der Waals surface area contributed by atoms with Gasteiger partial charge in [-0.25, -0.2) is 0 Å². The van der Waals surface area contributed by atoms with Gasteiger partial charge in [0.15, 0.2) is 0 Å². The van der Waals surface area contributed by atoms with Crippen molar-refractivity contribution in [2.24, 2.45) is 0 Å². The molecule has 0 aliphatic carbocycles. The molecule has 1 heterocycles. The average molecular weight is 546 g/mol. The van der Waals surface area contributed by atoms with E-state index in [1.165, 1.54) is 0 Å². The van der Waals surface area contributed by atoms with Gasteiger partial charge >= 0.3 is 5.97 Å². The maximum Gasteiger partial charge on any atom is 0.303 e. The highest BCUT2D eigenvalue weighted by Gasteiger charge is 2.19. The van der Waals surface area contributed by atoms with E-state index < -0.39 is 12.5 Å². The van der Waals surface area contributed by atoms with Crippen LogP contribution in [0.3, 0.4) is 0 Å². The Morgan fingerprint density at radius 3 is 2.33 bits per heavy atom. The molecule has 7 heteroatoms. The first kappa shape index (κ1) is 27.9. The lowest BCUT2D eigenvalue weighted by atomic mass is 10.0. The van der Waals surface area contributed by atoms with Crippen LogP contribution in [0, 0.1) is 0 Å². The second-order valence-corrected chi connectivity index (χ2v) is 9.96. The summed E-state index contributed by atoms with van der Waals surface area (Å²) in [6.07, 6.45) is 2.83. The number of unbranched alkanes of at least 4 members (excludes halogenated alkanes) is 2. The van der Waals surface area contributed by atoms with Gasteiger partial charge in [-0.05, 0) is 55.0 Å². The predicted molar refractivity (Wildman–Crippen MR) is 157 cm³/mol. The molecule has 1 unspecified atom stereocenters. The minimum Gasteiger partial charge on any atom is -0.493 e. The largest absolute Gasteiger partial charge is 0.493 e. The maximum atomic E-state index is 13.9. The molecule has 1 amide bonds. The van der Waals surface area contributed by atoms with Crippen molar-refractivity contribution >= 4 is 11.9 Å². The van der Waals surface area contributed by atoms with Crippen LogP contribution >= 0.6 is 0 Å². The van der Waals surface area contributed by atoms with Gasteiger partial charge in [0.25, 0.3) is 5.91 Å². The van der Waals surface area contributed by atoms with E-state index in [4.69, 9.17) is 16.0 Å². The van der Waals surface area contributed by atoms with Crippen LogP contribution < -0.4 is 4.74 Å². The number of morpholine rings is 1. The molecule has 1 aliphatic rings. The number of ether oxygens (including phenoxy) is 2. The third-order valence-corrected chi connectivity index (χ3v) is 7.00. The number of aliphatic carboxylic acids is 1. The molecular weight excluding hydrogens is 504 g/mol. The molecule has 1 fully saturated rings. The lowest BCUT2D eigenvalue weighted by Crippen LogP contribution is -2.39. The molecule has 0 radical (unpaired) electrons. The summed E-state index contributed by atoms with van der Waals surface area (Å²) in [7, 11) is 0. The molecule has 3 aromatic carbocycles. The van der Waals surface area contributed by atoms with Crippen LogP contribution in [0.2, 0.25) is 0 Å². The monoisotopic (exact) mass is 545 g/mol. The van der Waals surface area contributed by atoms with E-state index in [-0.39, 0.29) is 18.9 Å². The van der Waals surface area contributed by atoms with Crippen molar-refractivity contribution in [3.05, 3.63) is 90.0 Å². The zero-order chi connectivity index (χ0) is 28.9.